The van der Waals surface area contributed by atoms with Crippen molar-refractivity contribution in [2.45, 2.75) is 20.8 Å². The number of methoxy groups -OCH3 is 1. The number of aromatic nitrogens is 2. The maximum atomic E-state index is 13.0. The van der Waals surface area contributed by atoms with Gasteiger partial charge in [0.05, 0.1) is 7.11 Å². The van der Waals surface area contributed by atoms with E-state index in [1.165, 1.54) is 0 Å². The van der Waals surface area contributed by atoms with Crippen molar-refractivity contribution in [1.29, 1.82) is 0 Å². The van der Waals surface area contributed by atoms with Crippen LogP contribution in [0.15, 0.2) is 48.5 Å². The summed E-state index contributed by atoms with van der Waals surface area (Å²) in [6.07, 6.45) is 0. The van der Waals surface area contributed by atoms with Crippen LogP contribution >= 0.6 is 0 Å². The molecule has 1 fully saturated rings. The van der Waals surface area contributed by atoms with Gasteiger partial charge < -0.3 is 19.9 Å². The van der Waals surface area contributed by atoms with E-state index in [-0.39, 0.29) is 5.91 Å². The molecule has 1 aromatic heterocycles. The number of benzene rings is 2. The van der Waals surface area contributed by atoms with E-state index in [2.05, 4.69) is 21.3 Å². The number of aryl methyl sites for hydroxylation is 3. The third-order valence-electron chi connectivity index (χ3n) is 5.52. The zero-order chi connectivity index (χ0) is 22.7. The third-order valence-corrected chi connectivity index (χ3v) is 5.52. The molecule has 0 bridgehead atoms. The number of rotatable bonds is 5. The molecule has 0 aliphatic carbocycles. The number of carbonyl (C=O) groups excluding carboxylic acids is 1. The van der Waals surface area contributed by atoms with Gasteiger partial charge in [0, 0.05) is 49.2 Å². The number of carbonyl (C=O) groups is 1. The van der Waals surface area contributed by atoms with E-state index < -0.39 is 0 Å². The summed E-state index contributed by atoms with van der Waals surface area (Å²) in [5.74, 6) is 2.32. The van der Waals surface area contributed by atoms with Crippen LogP contribution in [0.25, 0.3) is 0 Å². The Bertz CT molecular complexity index is 1090. The highest BCUT2D eigenvalue weighted by Crippen LogP contribution is 2.22. The summed E-state index contributed by atoms with van der Waals surface area (Å²) in [7, 11) is 1.65. The molecular formula is C25H29N5O2. The Hall–Kier alpha value is -3.61. The first-order chi connectivity index (χ1) is 15.4. The molecule has 0 unspecified atom stereocenters. The van der Waals surface area contributed by atoms with E-state index in [0.29, 0.717) is 32.1 Å². The smallest absolute Gasteiger partial charge is 0.253 e. The number of amides is 1. The zero-order valence-electron chi connectivity index (χ0n) is 19.1. The van der Waals surface area contributed by atoms with E-state index in [1.807, 2.05) is 68.1 Å². The average molecular weight is 432 g/mol. The SMILES string of the molecule is COc1ccc(Nc2cc(C)nc(N3CCN(C(=O)c4cc(C)cc(C)c4)CC3)n2)cc1. The number of nitrogens with zero attached hydrogens (tertiary/aromatic N) is 4. The largest absolute Gasteiger partial charge is 0.497 e. The fourth-order valence-electron chi connectivity index (χ4n) is 3.97. The van der Waals surface area contributed by atoms with Crippen LogP contribution in [0.5, 0.6) is 5.75 Å². The van der Waals surface area contributed by atoms with Crippen molar-refractivity contribution in [3.8, 4) is 5.75 Å². The second-order valence-electron chi connectivity index (χ2n) is 8.20. The van der Waals surface area contributed by atoms with Gasteiger partial charge in [0.15, 0.2) is 0 Å². The van der Waals surface area contributed by atoms with E-state index in [0.717, 1.165) is 39.6 Å². The van der Waals surface area contributed by atoms with Gasteiger partial charge in [-0.2, -0.15) is 4.98 Å². The average Bonchev–Trinajstić information content (AvgIpc) is 2.78. The van der Waals surface area contributed by atoms with Gasteiger partial charge in [0.25, 0.3) is 5.91 Å². The molecule has 7 nitrogen and oxygen atoms in total. The summed E-state index contributed by atoms with van der Waals surface area (Å²) in [6, 6.07) is 15.6. The first kappa shape index (κ1) is 21.6. The molecule has 0 radical (unpaired) electrons. The highest BCUT2D eigenvalue weighted by Gasteiger charge is 2.24. The van der Waals surface area contributed by atoms with Gasteiger partial charge in [0.2, 0.25) is 5.95 Å². The lowest BCUT2D eigenvalue weighted by Gasteiger charge is -2.35. The van der Waals surface area contributed by atoms with E-state index in [1.54, 1.807) is 7.11 Å². The summed E-state index contributed by atoms with van der Waals surface area (Å²) < 4.78 is 5.21. The Balaban J connectivity index is 1.43. The molecule has 2 heterocycles. The Labute approximate surface area is 189 Å². The number of piperazine rings is 1. The Morgan fingerprint density at radius 3 is 2.19 bits per heavy atom. The van der Waals surface area contributed by atoms with Gasteiger partial charge in [-0.3, -0.25) is 4.79 Å². The minimum Gasteiger partial charge on any atom is -0.497 e. The van der Waals surface area contributed by atoms with Gasteiger partial charge in [-0.05, 0) is 57.2 Å². The fraction of sp³-hybridized carbons (Fsp3) is 0.320. The van der Waals surface area contributed by atoms with Crippen molar-refractivity contribution in [2.24, 2.45) is 0 Å². The van der Waals surface area contributed by atoms with Crippen LogP contribution < -0.4 is 15.0 Å². The third kappa shape index (κ3) is 4.99. The van der Waals surface area contributed by atoms with Crippen LogP contribution in [0.2, 0.25) is 0 Å². The summed E-state index contributed by atoms with van der Waals surface area (Å²) >= 11 is 0. The molecule has 0 atom stereocenters. The lowest BCUT2D eigenvalue weighted by molar-refractivity contribution is 0.0746. The van der Waals surface area contributed by atoms with Crippen LogP contribution in [0, 0.1) is 20.8 Å². The predicted molar refractivity (Wildman–Crippen MR) is 127 cm³/mol. The number of hydrogen-bond donors (Lipinski definition) is 1. The quantitative estimate of drug-likeness (QED) is 0.655. The van der Waals surface area contributed by atoms with Crippen LogP contribution in [-0.2, 0) is 0 Å². The maximum absolute atomic E-state index is 13.0. The molecule has 0 saturated carbocycles. The van der Waals surface area contributed by atoms with Gasteiger partial charge in [-0.25, -0.2) is 4.98 Å². The van der Waals surface area contributed by atoms with E-state index >= 15 is 0 Å². The van der Waals surface area contributed by atoms with Crippen molar-refractivity contribution in [2.75, 3.05) is 43.5 Å². The van der Waals surface area contributed by atoms with Crippen molar-refractivity contribution in [3.63, 3.8) is 0 Å². The Kier molecular flexibility index (Phi) is 6.25. The molecule has 1 saturated heterocycles. The fourth-order valence-corrected chi connectivity index (χ4v) is 3.97. The second kappa shape index (κ2) is 9.26. The monoisotopic (exact) mass is 431 g/mol. The summed E-state index contributed by atoms with van der Waals surface area (Å²) in [5.41, 5.74) is 4.79. The van der Waals surface area contributed by atoms with Crippen LogP contribution in [0.3, 0.4) is 0 Å². The van der Waals surface area contributed by atoms with Gasteiger partial charge >= 0.3 is 0 Å². The van der Waals surface area contributed by atoms with E-state index in [9.17, 15) is 4.79 Å². The lowest BCUT2D eigenvalue weighted by atomic mass is 10.1. The Morgan fingerprint density at radius 2 is 1.56 bits per heavy atom. The number of nitrogens with one attached hydrogen (secondary N) is 1. The molecule has 1 aliphatic heterocycles. The van der Waals surface area contributed by atoms with Crippen molar-refractivity contribution in [1.82, 2.24) is 14.9 Å². The topological polar surface area (TPSA) is 70.6 Å². The van der Waals surface area contributed by atoms with Crippen LogP contribution in [-0.4, -0.2) is 54.1 Å². The second-order valence-corrected chi connectivity index (χ2v) is 8.20. The normalized spacial score (nSPS) is 13.8. The number of anilines is 3. The van der Waals surface area contributed by atoms with Gasteiger partial charge in [-0.15, -0.1) is 0 Å². The molecule has 4 rings (SSSR count). The molecule has 2 aromatic carbocycles. The highest BCUT2D eigenvalue weighted by molar-refractivity contribution is 5.94. The van der Waals surface area contributed by atoms with Crippen molar-refractivity contribution in [3.05, 3.63) is 70.9 Å². The van der Waals surface area contributed by atoms with E-state index in [4.69, 9.17) is 9.72 Å². The molecule has 7 heteroatoms. The summed E-state index contributed by atoms with van der Waals surface area (Å²) in [5, 5.41) is 3.34. The molecule has 3 aromatic rings. The van der Waals surface area contributed by atoms with Crippen LogP contribution in [0.1, 0.15) is 27.2 Å². The summed E-state index contributed by atoms with van der Waals surface area (Å²) in [6.45, 7) is 8.69. The van der Waals surface area contributed by atoms with Crippen LogP contribution in [0.4, 0.5) is 17.5 Å². The predicted octanol–water partition coefficient (Wildman–Crippen LogP) is 4.12. The van der Waals surface area contributed by atoms with Crippen molar-refractivity contribution < 1.29 is 9.53 Å². The Morgan fingerprint density at radius 1 is 0.906 bits per heavy atom. The summed E-state index contributed by atoms with van der Waals surface area (Å²) in [4.78, 5) is 26.4. The molecule has 166 valence electrons. The lowest BCUT2D eigenvalue weighted by Crippen LogP contribution is -2.49. The van der Waals surface area contributed by atoms with Crippen molar-refractivity contribution >= 4 is 23.4 Å². The van der Waals surface area contributed by atoms with Gasteiger partial charge in [0.1, 0.15) is 11.6 Å². The molecular weight excluding hydrogens is 402 g/mol. The first-order valence-corrected chi connectivity index (χ1v) is 10.8. The minimum atomic E-state index is 0.0865. The molecule has 1 amide bonds. The number of hydrogen-bond acceptors (Lipinski definition) is 6. The molecule has 1 N–H and O–H groups in total. The minimum absolute atomic E-state index is 0.0865. The molecule has 0 spiro atoms. The number of ether oxygens (including phenoxy) is 1. The maximum Gasteiger partial charge on any atom is 0.253 e. The standard InChI is InChI=1S/C25H29N5O2/c1-17-13-18(2)15-20(14-17)24(31)29-9-11-30(12-10-29)25-26-19(3)16-23(28-25)27-21-5-7-22(32-4)8-6-21/h5-8,13-16H,9-12H2,1-4H3,(H,26,27,28). The van der Waals surface area contributed by atoms with Gasteiger partial charge in [-0.1, -0.05) is 17.2 Å². The molecule has 32 heavy (non-hydrogen) atoms. The highest BCUT2D eigenvalue weighted by atomic mass is 16.5. The zero-order valence-corrected chi connectivity index (χ0v) is 19.1. The first-order valence-electron chi connectivity index (χ1n) is 10.8. The molecule has 1 aliphatic rings.